The third kappa shape index (κ3) is 5.31. The SMILES string of the molecule is Cc1ccc(C(=O)Nc2cc(NC(=O)OC(C)(C)C)ccc2F)cc1C. The van der Waals surface area contributed by atoms with Gasteiger partial charge in [-0.15, -0.1) is 0 Å². The van der Waals surface area contributed by atoms with E-state index in [0.717, 1.165) is 11.1 Å². The third-order valence-corrected chi connectivity index (χ3v) is 3.63. The Balaban J connectivity index is 2.15. The van der Waals surface area contributed by atoms with Crippen LogP contribution in [0.1, 0.15) is 42.3 Å². The molecule has 0 fully saturated rings. The van der Waals surface area contributed by atoms with E-state index in [2.05, 4.69) is 10.6 Å². The summed E-state index contributed by atoms with van der Waals surface area (Å²) < 4.78 is 19.2. The van der Waals surface area contributed by atoms with E-state index in [1.807, 2.05) is 19.9 Å². The zero-order valence-corrected chi connectivity index (χ0v) is 15.6. The Hall–Kier alpha value is -2.89. The number of halogens is 1. The number of benzene rings is 2. The second kappa shape index (κ2) is 7.56. The van der Waals surface area contributed by atoms with E-state index in [9.17, 15) is 14.0 Å². The zero-order valence-electron chi connectivity index (χ0n) is 15.6. The first-order valence-electron chi connectivity index (χ1n) is 8.23. The summed E-state index contributed by atoms with van der Waals surface area (Å²) in [5, 5.41) is 5.05. The molecule has 5 nitrogen and oxygen atoms in total. The number of nitrogens with one attached hydrogen (secondary N) is 2. The van der Waals surface area contributed by atoms with Gasteiger partial charge in [0.1, 0.15) is 11.4 Å². The van der Waals surface area contributed by atoms with Crippen LogP contribution in [-0.4, -0.2) is 17.6 Å². The van der Waals surface area contributed by atoms with Crippen LogP contribution in [0.25, 0.3) is 0 Å². The fourth-order valence-corrected chi connectivity index (χ4v) is 2.20. The van der Waals surface area contributed by atoms with E-state index in [1.54, 1.807) is 32.9 Å². The average molecular weight is 358 g/mol. The molecule has 6 heteroatoms. The molecule has 0 saturated heterocycles. The van der Waals surface area contributed by atoms with Crippen molar-refractivity contribution in [1.29, 1.82) is 0 Å². The average Bonchev–Trinajstić information content (AvgIpc) is 2.51. The van der Waals surface area contributed by atoms with Gasteiger partial charge in [-0.05, 0) is 76.1 Å². The van der Waals surface area contributed by atoms with Gasteiger partial charge in [0.2, 0.25) is 0 Å². The molecule has 2 N–H and O–H groups in total. The van der Waals surface area contributed by atoms with Crippen LogP contribution in [0, 0.1) is 19.7 Å². The molecular formula is C20H23FN2O3. The van der Waals surface area contributed by atoms with Gasteiger partial charge < -0.3 is 10.1 Å². The lowest BCUT2D eigenvalue weighted by atomic mass is 10.1. The summed E-state index contributed by atoms with van der Waals surface area (Å²) >= 11 is 0. The van der Waals surface area contributed by atoms with Crippen molar-refractivity contribution in [2.75, 3.05) is 10.6 Å². The highest BCUT2D eigenvalue weighted by Crippen LogP contribution is 2.22. The maximum atomic E-state index is 14.0. The second-order valence-corrected chi connectivity index (χ2v) is 7.07. The van der Waals surface area contributed by atoms with Gasteiger partial charge in [-0.3, -0.25) is 10.1 Å². The summed E-state index contributed by atoms with van der Waals surface area (Å²) in [7, 11) is 0. The van der Waals surface area contributed by atoms with Gasteiger partial charge in [0.15, 0.2) is 0 Å². The van der Waals surface area contributed by atoms with Crippen LogP contribution in [0.2, 0.25) is 0 Å². The molecule has 0 atom stereocenters. The summed E-state index contributed by atoms with van der Waals surface area (Å²) in [6.45, 7) is 9.08. The zero-order chi connectivity index (χ0) is 19.5. The highest BCUT2D eigenvalue weighted by atomic mass is 19.1. The van der Waals surface area contributed by atoms with E-state index in [-0.39, 0.29) is 5.69 Å². The highest BCUT2D eigenvalue weighted by molar-refractivity contribution is 6.04. The van der Waals surface area contributed by atoms with Gasteiger partial charge in [-0.25, -0.2) is 9.18 Å². The minimum Gasteiger partial charge on any atom is -0.444 e. The highest BCUT2D eigenvalue weighted by Gasteiger charge is 2.17. The number of carbonyl (C=O) groups is 2. The molecule has 0 aliphatic rings. The molecular weight excluding hydrogens is 335 g/mol. The van der Waals surface area contributed by atoms with Crippen LogP contribution in [0.5, 0.6) is 0 Å². The lowest BCUT2D eigenvalue weighted by molar-refractivity contribution is 0.0636. The molecule has 2 aromatic carbocycles. The normalized spacial score (nSPS) is 11.0. The maximum absolute atomic E-state index is 14.0. The summed E-state index contributed by atoms with van der Waals surface area (Å²) in [5.41, 5.74) is 2.11. The molecule has 0 aromatic heterocycles. The van der Waals surface area contributed by atoms with Crippen molar-refractivity contribution >= 4 is 23.4 Å². The Morgan fingerprint density at radius 3 is 2.27 bits per heavy atom. The fourth-order valence-electron chi connectivity index (χ4n) is 2.20. The Labute approximate surface area is 152 Å². The van der Waals surface area contributed by atoms with Crippen molar-refractivity contribution in [3.05, 3.63) is 58.9 Å². The third-order valence-electron chi connectivity index (χ3n) is 3.63. The van der Waals surface area contributed by atoms with Crippen molar-refractivity contribution < 1.29 is 18.7 Å². The number of anilines is 2. The number of rotatable bonds is 3. The first-order chi connectivity index (χ1) is 12.0. The Kier molecular flexibility index (Phi) is 5.65. The monoisotopic (exact) mass is 358 g/mol. The minimum absolute atomic E-state index is 0.0261. The number of hydrogen-bond donors (Lipinski definition) is 2. The summed E-state index contributed by atoms with van der Waals surface area (Å²) in [6, 6.07) is 9.16. The summed E-state index contributed by atoms with van der Waals surface area (Å²) in [5.74, 6) is -1.03. The number of amides is 2. The minimum atomic E-state index is -0.657. The van der Waals surface area contributed by atoms with Crippen molar-refractivity contribution in [1.82, 2.24) is 0 Å². The Morgan fingerprint density at radius 1 is 0.962 bits per heavy atom. The fraction of sp³-hybridized carbons (Fsp3) is 0.300. The quantitative estimate of drug-likeness (QED) is 0.807. The number of hydrogen-bond acceptors (Lipinski definition) is 3. The number of aryl methyl sites for hydroxylation is 2. The molecule has 0 aliphatic carbocycles. The first kappa shape index (κ1) is 19.4. The maximum Gasteiger partial charge on any atom is 0.412 e. The van der Waals surface area contributed by atoms with Crippen LogP contribution < -0.4 is 10.6 Å². The van der Waals surface area contributed by atoms with Gasteiger partial charge in [0, 0.05) is 11.3 Å². The van der Waals surface area contributed by atoms with Crippen molar-refractivity contribution in [2.45, 2.75) is 40.2 Å². The molecule has 2 rings (SSSR count). The van der Waals surface area contributed by atoms with E-state index in [4.69, 9.17) is 4.74 Å². The van der Waals surface area contributed by atoms with Crippen LogP contribution >= 0.6 is 0 Å². The Bertz CT molecular complexity index is 841. The first-order valence-corrected chi connectivity index (χ1v) is 8.23. The van der Waals surface area contributed by atoms with Crippen molar-refractivity contribution in [2.24, 2.45) is 0 Å². The molecule has 0 unspecified atom stereocenters. The van der Waals surface area contributed by atoms with Crippen molar-refractivity contribution in [3.63, 3.8) is 0 Å². The van der Waals surface area contributed by atoms with E-state index >= 15 is 0 Å². The number of carbonyl (C=O) groups excluding carboxylic acids is 2. The smallest absolute Gasteiger partial charge is 0.412 e. The molecule has 2 amide bonds. The standard InChI is InChI=1S/C20H23FN2O3/c1-12-6-7-14(10-13(12)2)18(24)23-17-11-15(8-9-16(17)21)22-19(25)26-20(3,4)5/h6-11H,1-5H3,(H,22,25)(H,23,24). The molecule has 0 bridgehead atoms. The molecule has 0 radical (unpaired) electrons. The van der Waals surface area contributed by atoms with Gasteiger partial charge in [0.25, 0.3) is 5.91 Å². The largest absolute Gasteiger partial charge is 0.444 e. The van der Waals surface area contributed by atoms with Crippen LogP contribution in [0.15, 0.2) is 36.4 Å². The van der Waals surface area contributed by atoms with Crippen molar-refractivity contribution in [3.8, 4) is 0 Å². The van der Waals surface area contributed by atoms with Crippen LogP contribution in [-0.2, 0) is 4.74 Å². The molecule has 0 saturated carbocycles. The van der Waals surface area contributed by atoms with E-state index < -0.39 is 23.4 Å². The molecule has 26 heavy (non-hydrogen) atoms. The van der Waals surface area contributed by atoms with E-state index in [0.29, 0.717) is 11.3 Å². The molecule has 0 spiro atoms. The molecule has 0 heterocycles. The van der Waals surface area contributed by atoms with Gasteiger partial charge in [-0.2, -0.15) is 0 Å². The van der Waals surface area contributed by atoms with Crippen LogP contribution in [0.3, 0.4) is 0 Å². The number of ether oxygens (including phenoxy) is 1. The second-order valence-electron chi connectivity index (χ2n) is 7.07. The van der Waals surface area contributed by atoms with Gasteiger partial charge in [0.05, 0.1) is 5.69 Å². The lowest BCUT2D eigenvalue weighted by Crippen LogP contribution is -2.27. The Morgan fingerprint density at radius 2 is 1.65 bits per heavy atom. The molecule has 138 valence electrons. The predicted molar refractivity (Wildman–Crippen MR) is 100 cm³/mol. The summed E-state index contributed by atoms with van der Waals surface area (Å²) in [6.07, 6.45) is -0.657. The van der Waals surface area contributed by atoms with E-state index in [1.165, 1.54) is 18.2 Å². The predicted octanol–water partition coefficient (Wildman–Crippen LogP) is 5.04. The van der Waals surface area contributed by atoms with Gasteiger partial charge in [-0.1, -0.05) is 6.07 Å². The lowest BCUT2D eigenvalue weighted by Gasteiger charge is -2.20. The van der Waals surface area contributed by atoms with Gasteiger partial charge >= 0.3 is 6.09 Å². The topological polar surface area (TPSA) is 67.4 Å². The molecule has 2 aromatic rings. The summed E-state index contributed by atoms with van der Waals surface area (Å²) in [4.78, 5) is 24.2. The molecule has 0 aliphatic heterocycles. The van der Waals surface area contributed by atoms with Crippen LogP contribution in [0.4, 0.5) is 20.6 Å².